The van der Waals surface area contributed by atoms with Crippen molar-refractivity contribution in [1.82, 2.24) is 4.31 Å². The average molecular weight is 371 g/mol. The first-order chi connectivity index (χ1) is 11.7. The van der Waals surface area contributed by atoms with Gasteiger partial charge in [0.15, 0.2) is 0 Å². The van der Waals surface area contributed by atoms with Crippen molar-refractivity contribution in [3.8, 4) is 0 Å². The Morgan fingerprint density at radius 1 is 1.40 bits per heavy atom. The minimum Gasteiger partial charge on any atom is -0.480 e. The van der Waals surface area contributed by atoms with Gasteiger partial charge < -0.3 is 10.0 Å². The highest BCUT2D eigenvalue weighted by Gasteiger charge is 2.35. The van der Waals surface area contributed by atoms with Crippen LogP contribution in [-0.2, 0) is 14.8 Å². The summed E-state index contributed by atoms with van der Waals surface area (Å²) >= 11 is 0. The van der Waals surface area contributed by atoms with Crippen LogP contribution in [0.2, 0.25) is 0 Å². The van der Waals surface area contributed by atoms with Gasteiger partial charge in [-0.2, -0.15) is 4.31 Å². The molecule has 1 aromatic carbocycles. The van der Waals surface area contributed by atoms with Gasteiger partial charge >= 0.3 is 5.97 Å². The maximum atomic E-state index is 12.6. The lowest BCUT2D eigenvalue weighted by Gasteiger charge is -2.24. The first-order valence-electron chi connectivity index (χ1n) is 8.02. The first kappa shape index (κ1) is 19.1. The fraction of sp³-hybridized carbons (Fsp3) is 0.533. The van der Waals surface area contributed by atoms with Crippen LogP contribution in [0.5, 0.6) is 0 Å². The Morgan fingerprint density at radius 2 is 2.04 bits per heavy atom. The van der Waals surface area contributed by atoms with E-state index in [4.69, 9.17) is 0 Å². The van der Waals surface area contributed by atoms with Crippen molar-refractivity contribution in [2.45, 2.75) is 37.6 Å². The molecule has 2 rings (SSSR count). The van der Waals surface area contributed by atoms with E-state index in [9.17, 15) is 28.4 Å². The smallest absolute Gasteiger partial charge is 0.326 e. The lowest BCUT2D eigenvalue weighted by Crippen LogP contribution is -2.36. The van der Waals surface area contributed by atoms with Crippen LogP contribution in [0.25, 0.3) is 0 Å². The van der Waals surface area contributed by atoms with Gasteiger partial charge in [-0.3, -0.25) is 10.1 Å². The standard InChI is InChI=1S/C15H21N3O6S/c1-3-16(4-2)25(23,24)11-7-8-12(14(10-11)18(21)22)17-9-5-6-13(17)15(19)20/h7-8,10,13H,3-6,9H2,1-2H3,(H,19,20). The molecule has 1 aliphatic rings. The van der Waals surface area contributed by atoms with E-state index >= 15 is 0 Å². The van der Waals surface area contributed by atoms with E-state index in [0.717, 1.165) is 6.07 Å². The molecular weight excluding hydrogens is 350 g/mol. The molecule has 10 heteroatoms. The summed E-state index contributed by atoms with van der Waals surface area (Å²) < 4.78 is 26.3. The van der Waals surface area contributed by atoms with Gasteiger partial charge in [0.1, 0.15) is 11.7 Å². The van der Waals surface area contributed by atoms with Crippen molar-refractivity contribution in [3.05, 3.63) is 28.3 Å². The molecule has 1 heterocycles. The normalized spacial score (nSPS) is 17.9. The Hall–Kier alpha value is -2.20. The summed E-state index contributed by atoms with van der Waals surface area (Å²) in [5.74, 6) is -1.05. The predicted octanol–water partition coefficient (Wildman–Crippen LogP) is 1.68. The summed E-state index contributed by atoms with van der Waals surface area (Å²) in [5, 5.41) is 20.7. The van der Waals surface area contributed by atoms with Crippen molar-refractivity contribution < 1.29 is 23.2 Å². The number of rotatable bonds is 7. The third kappa shape index (κ3) is 3.59. The Labute approximate surface area is 146 Å². The number of aliphatic carboxylic acids is 1. The molecule has 1 aliphatic heterocycles. The van der Waals surface area contributed by atoms with Gasteiger partial charge in [-0.25, -0.2) is 13.2 Å². The molecule has 0 amide bonds. The number of nitro groups is 1. The summed E-state index contributed by atoms with van der Waals surface area (Å²) in [4.78, 5) is 23.4. The summed E-state index contributed by atoms with van der Waals surface area (Å²) in [6, 6.07) is 2.80. The van der Waals surface area contributed by atoms with Gasteiger partial charge in [-0.05, 0) is 25.0 Å². The highest BCUT2D eigenvalue weighted by Crippen LogP contribution is 2.35. The van der Waals surface area contributed by atoms with Crippen LogP contribution in [0.1, 0.15) is 26.7 Å². The molecule has 1 saturated heterocycles. The maximum Gasteiger partial charge on any atom is 0.326 e. The molecule has 0 radical (unpaired) electrons. The first-order valence-corrected chi connectivity index (χ1v) is 9.46. The summed E-state index contributed by atoms with van der Waals surface area (Å²) in [6.07, 6.45) is 1.000. The van der Waals surface area contributed by atoms with Gasteiger partial charge in [-0.1, -0.05) is 13.8 Å². The maximum absolute atomic E-state index is 12.6. The van der Waals surface area contributed by atoms with Crippen LogP contribution in [0.4, 0.5) is 11.4 Å². The molecular formula is C15H21N3O6S. The number of hydrogen-bond donors (Lipinski definition) is 1. The molecule has 1 fully saturated rings. The van der Waals surface area contributed by atoms with Crippen molar-refractivity contribution in [2.75, 3.05) is 24.5 Å². The number of carboxylic acids is 1. The van der Waals surface area contributed by atoms with Gasteiger partial charge in [0.25, 0.3) is 5.69 Å². The predicted molar refractivity (Wildman–Crippen MR) is 91.2 cm³/mol. The molecule has 1 unspecified atom stereocenters. The monoisotopic (exact) mass is 371 g/mol. The number of benzene rings is 1. The highest BCUT2D eigenvalue weighted by atomic mass is 32.2. The third-order valence-electron chi connectivity index (χ3n) is 4.33. The highest BCUT2D eigenvalue weighted by molar-refractivity contribution is 7.89. The molecule has 25 heavy (non-hydrogen) atoms. The van der Waals surface area contributed by atoms with E-state index in [-0.39, 0.29) is 23.7 Å². The number of carboxylic acid groups (broad SMARTS) is 1. The summed E-state index contributed by atoms with van der Waals surface area (Å²) in [7, 11) is -3.83. The van der Waals surface area contributed by atoms with E-state index in [1.807, 2.05) is 0 Å². The lowest BCUT2D eigenvalue weighted by molar-refractivity contribution is -0.384. The SMILES string of the molecule is CCN(CC)S(=O)(=O)c1ccc(N2CCCC2C(=O)O)c([N+](=O)[O-])c1. The van der Waals surface area contributed by atoms with Crippen molar-refractivity contribution >= 4 is 27.4 Å². The molecule has 138 valence electrons. The Balaban J connectivity index is 2.52. The van der Waals surface area contributed by atoms with Crippen LogP contribution in [-0.4, -0.2) is 54.4 Å². The molecule has 9 nitrogen and oxygen atoms in total. The Bertz CT molecular complexity index is 775. The lowest BCUT2D eigenvalue weighted by atomic mass is 10.2. The van der Waals surface area contributed by atoms with E-state index in [2.05, 4.69) is 0 Å². The molecule has 0 spiro atoms. The van der Waals surface area contributed by atoms with E-state index in [1.165, 1.54) is 21.3 Å². The molecule has 0 saturated carbocycles. The van der Waals surface area contributed by atoms with Crippen LogP contribution in [0, 0.1) is 10.1 Å². The fourth-order valence-corrected chi connectivity index (χ4v) is 4.56. The zero-order valence-electron chi connectivity index (χ0n) is 14.1. The van der Waals surface area contributed by atoms with Crippen LogP contribution in [0.15, 0.2) is 23.1 Å². The van der Waals surface area contributed by atoms with Gasteiger partial charge in [0.2, 0.25) is 10.0 Å². The van der Waals surface area contributed by atoms with Gasteiger partial charge in [0.05, 0.1) is 9.82 Å². The Kier molecular flexibility index (Phi) is 5.63. The van der Waals surface area contributed by atoms with E-state index in [1.54, 1.807) is 13.8 Å². The molecule has 0 aromatic heterocycles. The minimum atomic E-state index is -3.83. The van der Waals surface area contributed by atoms with Gasteiger partial charge in [-0.15, -0.1) is 0 Å². The zero-order valence-corrected chi connectivity index (χ0v) is 14.9. The molecule has 0 bridgehead atoms. The number of sulfonamides is 1. The number of anilines is 1. The number of nitrogens with zero attached hydrogens (tertiary/aromatic N) is 3. The second-order valence-corrected chi connectivity index (χ2v) is 7.62. The summed E-state index contributed by atoms with van der Waals surface area (Å²) in [5.41, 5.74) is -0.269. The topological polar surface area (TPSA) is 121 Å². The molecule has 1 N–H and O–H groups in total. The quantitative estimate of drug-likeness (QED) is 0.571. The average Bonchev–Trinajstić information content (AvgIpc) is 3.04. The third-order valence-corrected chi connectivity index (χ3v) is 6.38. The molecule has 0 aliphatic carbocycles. The molecule has 1 aromatic rings. The Morgan fingerprint density at radius 3 is 2.56 bits per heavy atom. The van der Waals surface area contributed by atoms with E-state index in [0.29, 0.717) is 19.4 Å². The number of nitro benzene ring substituents is 1. The van der Waals surface area contributed by atoms with Crippen molar-refractivity contribution in [2.24, 2.45) is 0 Å². The number of hydrogen-bond acceptors (Lipinski definition) is 6. The number of carbonyl (C=O) groups is 1. The second kappa shape index (κ2) is 7.36. The van der Waals surface area contributed by atoms with Crippen molar-refractivity contribution in [3.63, 3.8) is 0 Å². The van der Waals surface area contributed by atoms with Gasteiger partial charge in [0, 0.05) is 25.7 Å². The zero-order chi connectivity index (χ0) is 18.8. The second-order valence-electron chi connectivity index (χ2n) is 5.69. The van der Waals surface area contributed by atoms with E-state index < -0.39 is 32.6 Å². The summed E-state index contributed by atoms with van der Waals surface area (Å²) in [6.45, 7) is 4.25. The fourth-order valence-electron chi connectivity index (χ4n) is 3.08. The minimum absolute atomic E-state index is 0.133. The van der Waals surface area contributed by atoms with Crippen molar-refractivity contribution in [1.29, 1.82) is 0 Å². The van der Waals surface area contributed by atoms with Crippen LogP contribution >= 0.6 is 0 Å². The van der Waals surface area contributed by atoms with Crippen LogP contribution < -0.4 is 4.90 Å². The van der Waals surface area contributed by atoms with Crippen LogP contribution in [0.3, 0.4) is 0 Å². The molecule has 1 atom stereocenters. The largest absolute Gasteiger partial charge is 0.480 e.